The van der Waals surface area contributed by atoms with Gasteiger partial charge < -0.3 is 5.11 Å². The molecule has 1 unspecified atom stereocenters. The van der Waals surface area contributed by atoms with Crippen LogP contribution in [0.1, 0.15) is 37.0 Å². The Morgan fingerprint density at radius 3 is 2.26 bits per heavy atom. The number of aliphatic hydroxyl groups is 1. The summed E-state index contributed by atoms with van der Waals surface area (Å²) < 4.78 is 0. The summed E-state index contributed by atoms with van der Waals surface area (Å²) in [5.74, 6) is -0.266. The first kappa shape index (κ1) is 13.7. The number of imide groups is 1. The lowest BCUT2D eigenvalue weighted by Gasteiger charge is -2.30. The average Bonchev–Trinajstić information content (AvgIpc) is 2.34. The van der Waals surface area contributed by atoms with Gasteiger partial charge in [0.25, 0.3) is 0 Å². The van der Waals surface area contributed by atoms with Crippen molar-refractivity contribution < 1.29 is 14.7 Å². The van der Waals surface area contributed by atoms with E-state index < -0.39 is 6.10 Å². The molecule has 1 aromatic rings. The van der Waals surface area contributed by atoms with Crippen LogP contribution < -0.4 is 0 Å². The lowest BCUT2D eigenvalue weighted by Crippen LogP contribution is -2.44. The maximum atomic E-state index is 11.8. The predicted molar refractivity (Wildman–Crippen MR) is 71.3 cm³/mol. The Morgan fingerprint density at radius 2 is 1.74 bits per heavy atom. The maximum Gasteiger partial charge on any atom is 0.229 e. The van der Waals surface area contributed by atoms with Gasteiger partial charge in [-0.3, -0.25) is 14.5 Å². The molecule has 0 saturated carbocycles. The average molecular weight is 261 g/mol. The smallest absolute Gasteiger partial charge is 0.229 e. The second-order valence-corrected chi connectivity index (χ2v) is 5.34. The molecule has 0 bridgehead atoms. The van der Waals surface area contributed by atoms with Crippen LogP contribution in [0.3, 0.4) is 0 Å². The Morgan fingerprint density at radius 1 is 1.21 bits per heavy atom. The highest BCUT2D eigenvalue weighted by Gasteiger charge is 2.31. The number of aryl methyl sites for hydroxylation is 1. The van der Waals surface area contributed by atoms with Gasteiger partial charge in [0.15, 0.2) is 0 Å². The third kappa shape index (κ3) is 3.20. The minimum atomic E-state index is -0.818. The molecule has 19 heavy (non-hydrogen) atoms. The maximum absolute atomic E-state index is 11.8. The van der Waals surface area contributed by atoms with E-state index in [1.54, 1.807) is 0 Å². The molecular weight excluding hydrogens is 242 g/mol. The van der Waals surface area contributed by atoms with Crippen molar-refractivity contribution in [3.63, 3.8) is 0 Å². The van der Waals surface area contributed by atoms with Gasteiger partial charge in [-0.2, -0.15) is 0 Å². The molecule has 0 radical (unpaired) electrons. The number of aliphatic hydroxyl groups excluding tert-OH is 1. The van der Waals surface area contributed by atoms with E-state index in [-0.39, 0.29) is 24.3 Å². The number of hydrogen-bond acceptors (Lipinski definition) is 3. The van der Waals surface area contributed by atoms with Gasteiger partial charge in [0.05, 0.1) is 12.6 Å². The summed E-state index contributed by atoms with van der Waals surface area (Å²) >= 11 is 0. The number of piperidine rings is 1. The normalized spacial score (nSPS) is 18.8. The van der Waals surface area contributed by atoms with Gasteiger partial charge in [-0.1, -0.05) is 36.8 Å². The lowest BCUT2D eigenvalue weighted by atomic mass is 9.97. The van der Waals surface area contributed by atoms with Crippen LogP contribution in [0, 0.1) is 12.8 Å². The standard InChI is InChI=1S/C15H19NO3/c1-10-3-5-12(6-4-10)13(17)9-16-14(18)7-11(2)8-15(16)19/h3-6,11,13,17H,7-9H2,1-2H3. The summed E-state index contributed by atoms with van der Waals surface area (Å²) in [6.07, 6.45) is -0.0551. The molecular formula is C15H19NO3. The fourth-order valence-corrected chi connectivity index (χ4v) is 2.30. The van der Waals surface area contributed by atoms with Crippen molar-refractivity contribution >= 4 is 11.8 Å². The first-order chi connectivity index (χ1) is 8.97. The van der Waals surface area contributed by atoms with E-state index in [0.717, 1.165) is 11.1 Å². The van der Waals surface area contributed by atoms with Crippen molar-refractivity contribution in [3.8, 4) is 0 Å². The Bertz CT molecular complexity index is 463. The van der Waals surface area contributed by atoms with E-state index >= 15 is 0 Å². The van der Waals surface area contributed by atoms with Crippen molar-refractivity contribution in [2.75, 3.05) is 6.54 Å². The molecule has 102 valence electrons. The number of nitrogens with zero attached hydrogens (tertiary/aromatic N) is 1. The summed E-state index contributed by atoms with van der Waals surface area (Å²) in [6, 6.07) is 7.45. The number of carbonyl (C=O) groups excluding carboxylic acids is 2. The van der Waals surface area contributed by atoms with E-state index in [4.69, 9.17) is 0 Å². The number of carbonyl (C=O) groups is 2. The quantitative estimate of drug-likeness (QED) is 0.844. The number of rotatable bonds is 3. The molecule has 1 aliphatic rings. The molecule has 0 spiro atoms. The zero-order valence-corrected chi connectivity index (χ0v) is 11.3. The largest absolute Gasteiger partial charge is 0.387 e. The van der Waals surface area contributed by atoms with Gasteiger partial charge >= 0.3 is 0 Å². The Balaban J connectivity index is 2.06. The van der Waals surface area contributed by atoms with Crippen LogP contribution in [0.15, 0.2) is 24.3 Å². The van der Waals surface area contributed by atoms with E-state index in [9.17, 15) is 14.7 Å². The summed E-state index contributed by atoms with van der Waals surface area (Å²) in [4.78, 5) is 24.8. The molecule has 1 aromatic carbocycles. The molecule has 1 heterocycles. The fourth-order valence-electron chi connectivity index (χ4n) is 2.30. The molecule has 1 atom stereocenters. The van der Waals surface area contributed by atoms with E-state index in [1.165, 1.54) is 4.90 Å². The Hall–Kier alpha value is -1.68. The molecule has 1 fully saturated rings. The molecule has 2 amide bonds. The third-order valence-electron chi connectivity index (χ3n) is 3.47. The Kier molecular flexibility index (Phi) is 4.00. The van der Waals surface area contributed by atoms with Crippen LogP contribution in [0.25, 0.3) is 0 Å². The van der Waals surface area contributed by atoms with Crippen molar-refractivity contribution in [3.05, 3.63) is 35.4 Å². The molecule has 0 aromatic heterocycles. The molecule has 0 aliphatic carbocycles. The van der Waals surface area contributed by atoms with Crippen LogP contribution in [0.2, 0.25) is 0 Å². The minimum absolute atomic E-state index is 0.0491. The summed E-state index contributed by atoms with van der Waals surface area (Å²) in [7, 11) is 0. The van der Waals surface area contributed by atoms with E-state index in [1.807, 2.05) is 38.1 Å². The first-order valence-electron chi connectivity index (χ1n) is 6.55. The predicted octanol–water partition coefficient (Wildman–Crippen LogP) is 1.81. The zero-order chi connectivity index (χ0) is 14.0. The monoisotopic (exact) mass is 261 g/mol. The van der Waals surface area contributed by atoms with Crippen molar-refractivity contribution in [2.24, 2.45) is 5.92 Å². The highest BCUT2D eigenvalue weighted by Crippen LogP contribution is 2.22. The van der Waals surface area contributed by atoms with E-state index in [2.05, 4.69) is 0 Å². The number of benzene rings is 1. The highest BCUT2D eigenvalue weighted by molar-refractivity contribution is 5.97. The highest BCUT2D eigenvalue weighted by atomic mass is 16.3. The number of β-amino-alcohol motifs (C(OH)–C–C–N with tert-alkyl or cyclic N) is 1. The van der Waals surface area contributed by atoms with E-state index in [0.29, 0.717) is 12.8 Å². The molecule has 2 rings (SSSR count). The third-order valence-corrected chi connectivity index (χ3v) is 3.47. The second-order valence-electron chi connectivity index (χ2n) is 5.34. The minimum Gasteiger partial charge on any atom is -0.387 e. The van der Waals surface area contributed by atoms with Gasteiger partial charge in [0.2, 0.25) is 11.8 Å². The van der Waals surface area contributed by atoms with Gasteiger partial charge in [0.1, 0.15) is 0 Å². The number of amides is 2. The SMILES string of the molecule is Cc1ccc(C(O)CN2C(=O)CC(C)CC2=O)cc1. The summed E-state index contributed by atoms with van der Waals surface area (Å²) in [6.45, 7) is 3.91. The van der Waals surface area contributed by atoms with Crippen LogP contribution in [0.4, 0.5) is 0 Å². The van der Waals surface area contributed by atoms with Crippen LogP contribution in [-0.4, -0.2) is 28.4 Å². The number of hydrogen-bond donors (Lipinski definition) is 1. The lowest BCUT2D eigenvalue weighted by molar-refractivity contribution is -0.151. The molecule has 4 nitrogen and oxygen atoms in total. The Labute approximate surface area is 113 Å². The van der Waals surface area contributed by atoms with Gasteiger partial charge in [-0.15, -0.1) is 0 Å². The summed E-state index contributed by atoms with van der Waals surface area (Å²) in [5.41, 5.74) is 1.83. The summed E-state index contributed by atoms with van der Waals surface area (Å²) in [5, 5.41) is 10.1. The van der Waals surface area contributed by atoms with Gasteiger partial charge in [-0.25, -0.2) is 0 Å². The molecule has 1 saturated heterocycles. The zero-order valence-electron chi connectivity index (χ0n) is 11.3. The number of likely N-dealkylation sites (tertiary alicyclic amines) is 1. The van der Waals surface area contributed by atoms with Crippen LogP contribution in [0.5, 0.6) is 0 Å². The molecule has 1 N–H and O–H groups in total. The second kappa shape index (κ2) is 5.53. The van der Waals surface area contributed by atoms with Crippen molar-refractivity contribution in [1.29, 1.82) is 0 Å². The van der Waals surface area contributed by atoms with Crippen LogP contribution >= 0.6 is 0 Å². The van der Waals surface area contributed by atoms with Gasteiger partial charge in [0, 0.05) is 12.8 Å². The molecule has 4 heteroatoms. The fraction of sp³-hybridized carbons (Fsp3) is 0.467. The van der Waals surface area contributed by atoms with Crippen molar-refractivity contribution in [1.82, 2.24) is 4.90 Å². The topological polar surface area (TPSA) is 57.6 Å². The molecule has 1 aliphatic heterocycles. The van der Waals surface area contributed by atoms with Crippen LogP contribution in [-0.2, 0) is 9.59 Å². The van der Waals surface area contributed by atoms with Gasteiger partial charge in [-0.05, 0) is 18.4 Å². The van der Waals surface area contributed by atoms with Crippen molar-refractivity contribution in [2.45, 2.75) is 32.8 Å². The first-order valence-corrected chi connectivity index (χ1v) is 6.55.